The second-order valence-electron chi connectivity index (χ2n) is 6.28. The van der Waals surface area contributed by atoms with E-state index in [-0.39, 0.29) is 29.7 Å². The van der Waals surface area contributed by atoms with Gasteiger partial charge in [0.1, 0.15) is 5.75 Å². The predicted octanol–water partition coefficient (Wildman–Crippen LogP) is 3.73. The fourth-order valence-electron chi connectivity index (χ4n) is 2.23. The topological polar surface area (TPSA) is 54.9 Å². The molecule has 0 atom stereocenters. The number of benzene rings is 1. The fraction of sp³-hybridized carbons (Fsp3) is 0.611. The highest BCUT2D eigenvalue weighted by atomic mass is 127. The monoisotopic (exact) mass is 501 g/mol. The smallest absolute Gasteiger partial charge is 0.422 e. The molecule has 0 spiro atoms. The van der Waals surface area contributed by atoms with E-state index in [1.165, 1.54) is 18.9 Å². The van der Waals surface area contributed by atoms with Crippen LogP contribution in [0.15, 0.2) is 29.3 Å². The van der Waals surface area contributed by atoms with Crippen LogP contribution in [0.4, 0.5) is 13.2 Å². The van der Waals surface area contributed by atoms with Gasteiger partial charge in [-0.15, -0.1) is 24.0 Å². The molecule has 5 nitrogen and oxygen atoms in total. The first-order valence-corrected chi connectivity index (χ1v) is 8.77. The van der Waals surface area contributed by atoms with Gasteiger partial charge in [0.25, 0.3) is 0 Å². The van der Waals surface area contributed by atoms with Gasteiger partial charge in [0.05, 0.1) is 0 Å². The maximum absolute atomic E-state index is 12.2. The maximum Gasteiger partial charge on any atom is 0.422 e. The molecule has 1 aliphatic carbocycles. The average Bonchev–Trinajstić information content (AvgIpc) is 3.43. The van der Waals surface area contributed by atoms with Crippen LogP contribution in [0, 0.1) is 5.92 Å². The number of rotatable bonds is 10. The quantitative estimate of drug-likeness (QED) is 0.222. The van der Waals surface area contributed by atoms with Crippen LogP contribution >= 0.6 is 24.0 Å². The van der Waals surface area contributed by atoms with Gasteiger partial charge in [0.2, 0.25) is 0 Å². The zero-order valence-corrected chi connectivity index (χ0v) is 17.7. The Hall–Kier alpha value is -1.23. The Bertz CT molecular complexity index is 581. The van der Waals surface area contributed by atoms with Crippen molar-refractivity contribution in [1.82, 2.24) is 10.6 Å². The van der Waals surface area contributed by atoms with Crippen molar-refractivity contribution in [2.75, 3.05) is 33.4 Å². The molecule has 1 saturated carbocycles. The predicted molar refractivity (Wildman–Crippen MR) is 110 cm³/mol. The molecule has 0 heterocycles. The van der Waals surface area contributed by atoms with E-state index in [0.29, 0.717) is 12.5 Å². The van der Waals surface area contributed by atoms with Crippen molar-refractivity contribution in [1.29, 1.82) is 0 Å². The summed E-state index contributed by atoms with van der Waals surface area (Å²) in [5.41, 5.74) is 0.806. The highest BCUT2D eigenvalue weighted by molar-refractivity contribution is 14.0. The third-order valence-corrected chi connectivity index (χ3v) is 3.79. The van der Waals surface area contributed by atoms with Gasteiger partial charge in [-0.05, 0) is 42.9 Å². The number of halogens is 4. The SMILES string of the molecule is CN=C(NCCCOCC1CC1)NCc1cccc(OCC(F)(F)F)c1.I. The van der Waals surface area contributed by atoms with Crippen molar-refractivity contribution >= 4 is 29.9 Å². The number of ether oxygens (including phenoxy) is 2. The summed E-state index contributed by atoms with van der Waals surface area (Å²) in [6.07, 6.45) is -0.884. The molecular formula is C18H27F3IN3O2. The Labute approximate surface area is 175 Å². The van der Waals surface area contributed by atoms with Gasteiger partial charge in [0.15, 0.2) is 12.6 Å². The van der Waals surface area contributed by atoms with Gasteiger partial charge in [-0.2, -0.15) is 13.2 Å². The number of hydrogen-bond acceptors (Lipinski definition) is 3. The van der Waals surface area contributed by atoms with E-state index >= 15 is 0 Å². The Morgan fingerprint density at radius 2 is 2.04 bits per heavy atom. The fourth-order valence-corrected chi connectivity index (χ4v) is 2.23. The van der Waals surface area contributed by atoms with E-state index in [1.807, 2.05) is 6.07 Å². The molecule has 1 aromatic carbocycles. The van der Waals surface area contributed by atoms with Crippen molar-refractivity contribution in [3.63, 3.8) is 0 Å². The van der Waals surface area contributed by atoms with Gasteiger partial charge < -0.3 is 20.1 Å². The molecule has 1 aromatic rings. The van der Waals surface area contributed by atoms with Crippen LogP contribution in [0.2, 0.25) is 0 Å². The highest BCUT2D eigenvalue weighted by Crippen LogP contribution is 2.28. The number of guanidine groups is 1. The lowest BCUT2D eigenvalue weighted by Crippen LogP contribution is -2.37. The summed E-state index contributed by atoms with van der Waals surface area (Å²) in [4.78, 5) is 4.12. The highest BCUT2D eigenvalue weighted by Gasteiger charge is 2.28. The molecule has 0 bridgehead atoms. The van der Waals surface area contributed by atoms with Gasteiger partial charge in [0, 0.05) is 33.4 Å². The first-order chi connectivity index (χ1) is 12.5. The maximum atomic E-state index is 12.2. The average molecular weight is 501 g/mol. The summed E-state index contributed by atoms with van der Waals surface area (Å²) in [5, 5.41) is 6.31. The molecule has 9 heteroatoms. The van der Waals surface area contributed by atoms with E-state index in [9.17, 15) is 13.2 Å². The Balaban J connectivity index is 0.00000364. The zero-order chi connectivity index (χ0) is 18.8. The number of hydrogen-bond donors (Lipinski definition) is 2. The molecule has 27 heavy (non-hydrogen) atoms. The van der Waals surface area contributed by atoms with E-state index in [4.69, 9.17) is 9.47 Å². The van der Waals surface area contributed by atoms with E-state index in [1.54, 1.807) is 19.2 Å². The van der Waals surface area contributed by atoms with E-state index < -0.39 is 12.8 Å². The van der Waals surface area contributed by atoms with Crippen molar-refractivity contribution in [3.05, 3.63) is 29.8 Å². The second-order valence-corrected chi connectivity index (χ2v) is 6.28. The van der Waals surface area contributed by atoms with Crippen molar-refractivity contribution < 1.29 is 22.6 Å². The molecule has 0 aliphatic heterocycles. The summed E-state index contributed by atoms with van der Waals surface area (Å²) in [6, 6.07) is 6.56. The van der Waals surface area contributed by atoms with E-state index in [2.05, 4.69) is 15.6 Å². The summed E-state index contributed by atoms with van der Waals surface area (Å²) in [5.74, 6) is 1.60. The molecule has 154 valence electrons. The summed E-state index contributed by atoms with van der Waals surface area (Å²) >= 11 is 0. The minimum Gasteiger partial charge on any atom is -0.484 e. The largest absolute Gasteiger partial charge is 0.484 e. The molecule has 2 N–H and O–H groups in total. The van der Waals surface area contributed by atoms with Crippen molar-refractivity contribution in [3.8, 4) is 5.75 Å². The number of alkyl halides is 3. The van der Waals surface area contributed by atoms with Crippen LogP contribution in [0.25, 0.3) is 0 Å². The molecule has 0 radical (unpaired) electrons. The van der Waals surface area contributed by atoms with Gasteiger partial charge >= 0.3 is 6.18 Å². The van der Waals surface area contributed by atoms with Crippen LogP contribution in [0.3, 0.4) is 0 Å². The zero-order valence-electron chi connectivity index (χ0n) is 15.3. The number of nitrogens with one attached hydrogen (secondary N) is 2. The summed E-state index contributed by atoms with van der Waals surface area (Å²) in [7, 11) is 1.67. The first kappa shape index (κ1) is 23.8. The normalized spacial score (nSPS) is 14.4. The van der Waals surface area contributed by atoms with Crippen LogP contribution in [0.1, 0.15) is 24.8 Å². The molecule has 1 aliphatic rings. The van der Waals surface area contributed by atoms with Crippen molar-refractivity contribution in [2.45, 2.75) is 32.0 Å². The number of nitrogens with zero attached hydrogens (tertiary/aromatic N) is 1. The third kappa shape index (κ3) is 11.3. The standard InChI is InChI=1S/C18H26F3N3O2.HI/c1-22-17(23-8-3-9-25-12-14-6-7-14)24-11-15-4-2-5-16(10-15)26-13-18(19,20)21;/h2,4-5,10,14H,3,6-9,11-13H2,1H3,(H2,22,23,24);1H. The lowest BCUT2D eigenvalue weighted by atomic mass is 10.2. The lowest BCUT2D eigenvalue weighted by molar-refractivity contribution is -0.153. The Kier molecular flexibility index (Phi) is 10.8. The molecular weight excluding hydrogens is 474 g/mol. The van der Waals surface area contributed by atoms with E-state index in [0.717, 1.165) is 37.7 Å². The van der Waals surface area contributed by atoms with Gasteiger partial charge in [-0.3, -0.25) is 4.99 Å². The van der Waals surface area contributed by atoms with Crippen molar-refractivity contribution in [2.24, 2.45) is 10.9 Å². The third-order valence-electron chi connectivity index (χ3n) is 3.79. The van der Waals surface area contributed by atoms with Crippen LogP contribution in [-0.4, -0.2) is 45.5 Å². The second kappa shape index (κ2) is 12.3. The van der Waals surface area contributed by atoms with Crippen LogP contribution < -0.4 is 15.4 Å². The molecule has 2 rings (SSSR count). The molecule has 0 saturated heterocycles. The number of aliphatic imine (C=N–C) groups is 1. The van der Waals surface area contributed by atoms with Gasteiger partial charge in [-0.1, -0.05) is 12.1 Å². The Morgan fingerprint density at radius 1 is 1.26 bits per heavy atom. The molecule has 1 fully saturated rings. The first-order valence-electron chi connectivity index (χ1n) is 8.77. The molecule has 0 amide bonds. The molecule has 0 aromatic heterocycles. The minimum atomic E-state index is -4.34. The van der Waals surface area contributed by atoms with Crippen LogP contribution in [-0.2, 0) is 11.3 Å². The molecule has 0 unspecified atom stereocenters. The summed E-state index contributed by atoms with van der Waals surface area (Å²) in [6.45, 7) is 1.45. The lowest BCUT2D eigenvalue weighted by Gasteiger charge is -2.13. The summed E-state index contributed by atoms with van der Waals surface area (Å²) < 4.78 is 47.0. The van der Waals surface area contributed by atoms with Gasteiger partial charge in [-0.25, -0.2) is 0 Å². The van der Waals surface area contributed by atoms with Crippen LogP contribution in [0.5, 0.6) is 5.75 Å². The Morgan fingerprint density at radius 3 is 2.70 bits per heavy atom. The minimum absolute atomic E-state index is 0.